The average Bonchev–Trinajstić information content (AvgIpc) is 2.40. The first-order valence-corrected chi connectivity index (χ1v) is 7.83. The number of piperidine rings is 1. The molecule has 1 aliphatic rings. The van der Waals surface area contributed by atoms with Gasteiger partial charge >= 0.3 is 0 Å². The fourth-order valence-electron chi connectivity index (χ4n) is 2.87. The van der Waals surface area contributed by atoms with Crippen molar-refractivity contribution in [3.8, 4) is 0 Å². The van der Waals surface area contributed by atoms with Crippen LogP contribution in [0.4, 0.5) is 0 Å². The van der Waals surface area contributed by atoms with Crippen LogP contribution in [0.15, 0.2) is 0 Å². The minimum Gasteiger partial charge on any atom is -0.303 e. The van der Waals surface area contributed by atoms with Crippen molar-refractivity contribution in [1.82, 2.24) is 15.1 Å². The van der Waals surface area contributed by atoms with Gasteiger partial charge in [0, 0.05) is 19.1 Å². The number of hydrogen-bond donors (Lipinski definition) is 0. The molecular formula is C15H32N3. The van der Waals surface area contributed by atoms with E-state index < -0.39 is 0 Å². The Morgan fingerprint density at radius 2 is 1.56 bits per heavy atom. The summed E-state index contributed by atoms with van der Waals surface area (Å²) < 4.78 is 0. The van der Waals surface area contributed by atoms with E-state index in [-0.39, 0.29) is 0 Å². The summed E-state index contributed by atoms with van der Waals surface area (Å²) >= 11 is 0. The van der Waals surface area contributed by atoms with Gasteiger partial charge in [-0.3, -0.25) is 0 Å². The molecule has 0 atom stereocenters. The molecule has 1 saturated heterocycles. The van der Waals surface area contributed by atoms with E-state index in [0.29, 0.717) is 0 Å². The maximum atomic E-state index is 4.43. The molecule has 18 heavy (non-hydrogen) atoms. The van der Waals surface area contributed by atoms with Crippen molar-refractivity contribution in [1.29, 1.82) is 0 Å². The lowest BCUT2D eigenvalue weighted by molar-refractivity contribution is 0.181. The minimum atomic E-state index is 0.785. The van der Waals surface area contributed by atoms with Crippen molar-refractivity contribution in [2.75, 3.05) is 46.3 Å². The summed E-state index contributed by atoms with van der Waals surface area (Å²) in [5, 5.41) is 4.43. The third-order valence-electron chi connectivity index (χ3n) is 3.93. The molecule has 1 fully saturated rings. The van der Waals surface area contributed by atoms with Crippen LogP contribution in [0.5, 0.6) is 0 Å². The molecule has 0 aliphatic carbocycles. The Morgan fingerprint density at radius 1 is 0.944 bits per heavy atom. The van der Waals surface area contributed by atoms with Crippen molar-refractivity contribution < 1.29 is 0 Å². The predicted octanol–water partition coefficient (Wildman–Crippen LogP) is 2.20. The summed E-state index contributed by atoms with van der Waals surface area (Å²) in [7, 11) is 2.29. The molecule has 0 aromatic carbocycles. The van der Waals surface area contributed by atoms with Crippen LogP contribution < -0.4 is 5.32 Å². The van der Waals surface area contributed by atoms with Crippen molar-refractivity contribution in [3.63, 3.8) is 0 Å². The van der Waals surface area contributed by atoms with Crippen LogP contribution in [0.2, 0.25) is 0 Å². The molecule has 0 spiro atoms. The number of hydrogen-bond acceptors (Lipinski definition) is 2. The van der Waals surface area contributed by atoms with Crippen LogP contribution in [0, 0.1) is 0 Å². The predicted molar refractivity (Wildman–Crippen MR) is 79.2 cm³/mol. The Labute approximate surface area is 114 Å². The zero-order chi connectivity index (χ0) is 13.2. The fraction of sp³-hybridized carbons (Fsp3) is 1.00. The summed E-state index contributed by atoms with van der Waals surface area (Å²) in [6, 6.07) is 0.785. The Balaban J connectivity index is 2.14. The number of rotatable bonds is 9. The molecule has 1 aliphatic heterocycles. The Kier molecular flexibility index (Phi) is 8.64. The monoisotopic (exact) mass is 254 g/mol. The second kappa shape index (κ2) is 9.76. The van der Waals surface area contributed by atoms with Crippen LogP contribution >= 0.6 is 0 Å². The smallest absolute Gasteiger partial charge is 0.0148 e. The molecule has 107 valence electrons. The van der Waals surface area contributed by atoms with Gasteiger partial charge in [0.1, 0.15) is 0 Å². The van der Waals surface area contributed by atoms with Crippen LogP contribution in [0.1, 0.15) is 46.0 Å². The van der Waals surface area contributed by atoms with Crippen LogP contribution in [-0.4, -0.2) is 62.2 Å². The Hall–Kier alpha value is -0.120. The summed E-state index contributed by atoms with van der Waals surface area (Å²) in [4.78, 5) is 5.18. The first kappa shape index (κ1) is 15.9. The largest absolute Gasteiger partial charge is 0.303 e. The van der Waals surface area contributed by atoms with E-state index in [4.69, 9.17) is 0 Å². The van der Waals surface area contributed by atoms with E-state index >= 15 is 0 Å². The van der Waals surface area contributed by atoms with Gasteiger partial charge in [-0.2, -0.15) is 0 Å². The van der Waals surface area contributed by atoms with E-state index in [1.807, 2.05) is 0 Å². The first-order valence-electron chi connectivity index (χ1n) is 7.83. The van der Waals surface area contributed by atoms with Crippen LogP contribution in [-0.2, 0) is 0 Å². The molecule has 1 heterocycles. The van der Waals surface area contributed by atoms with Gasteiger partial charge in [-0.05, 0) is 65.3 Å². The zero-order valence-electron chi connectivity index (χ0n) is 12.7. The van der Waals surface area contributed by atoms with E-state index in [1.54, 1.807) is 0 Å². The Morgan fingerprint density at radius 3 is 2.11 bits per heavy atom. The highest BCUT2D eigenvalue weighted by molar-refractivity contribution is 4.75. The fourth-order valence-corrected chi connectivity index (χ4v) is 2.87. The third-order valence-corrected chi connectivity index (χ3v) is 3.93. The lowest BCUT2D eigenvalue weighted by atomic mass is 10.1. The second-order valence-electron chi connectivity index (χ2n) is 5.58. The molecule has 0 saturated carbocycles. The van der Waals surface area contributed by atoms with Crippen molar-refractivity contribution in [2.45, 2.75) is 52.0 Å². The van der Waals surface area contributed by atoms with Gasteiger partial charge in [0.15, 0.2) is 0 Å². The van der Waals surface area contributed by atoms with Crippen molar-refractivity contribution in [2.24, 2.45) is 0 Å². The lowest BCUT2D eigenvalue weighted by Gasteiger charge is -2.31. The molecule has 3 nitrogen and oxygen atoms in total. The summed E-state index contributed by atoms with van der Waals surface area (Å²) in [5.41, 5.74) is 0. The van der Waals surface area contributed by atoms with E-state index in [0.717, 1.165) is 19.1 Å². The second-order valence-corrected chi connectivity index (χ2v) is 5.58. The molecule has 0 aromatic heterocycles. The normalized spacial score (nSPS) is 17.8. The molecule has 0 amide bonds. The van der Waals surface area contributed by atoms with Gasteiger partial charge in [-0.25, -0.2) is 5.32 Å². The highest BCUT2D eigenvalue weighted by Gasteiger charge is 2.17. The van der Waals surface area contributed by atoms with Gasteiger partial charge in [0.2, 0.25) is 0 Å². The number of nitrogens with zero attached hydrogens (tertiary/aromatic N) is 3. The zero-order valence-corrected chi connectivity index (χ0v) is 12.7. The standard InChI is InChI=1S/C15H32N3/c1-4-11-18(12-5-2)14-6-13-17(3)15-7-9-16-10-8-15/h15H,4-14H2,1-3H3. The van der Waals surface area contributed by atoms with E-state index in [1.165, 1.54) is 58.3 Å². The van der Waals surface area contributed by atoms with E-state index in [2.05, 4.69) is 36.0 Å². The highest BCUT2D eigenvalue weighted by Crippen LogP contribution is 2.11. The SMILES string of the molecule is CCCN(CCC)CCCN(C)C1CC[N]CC1. The maximum absolute atomic E-state index is 4.43. The maximum Gasteiger partial charge on any atom is 0.0148 e. The quantitative estimate of drug-likeness (QED) is 0.629. The van der Waals surface area contributed by atoms with Crippen LogP contribution in [0.25, 0.3) is 0 Å². The third kappa shape index (κ3) is 6.17. The summed E-state index contributed by atoms with van der Waals surface area (Å²) in [6.45, 7) is 11.7. The lowest BCUT2D eigenvalue weighted by Crippen LogP contribution is -2.40. The topological polar surface area (TPSA) is 20.6 Å². The first-order chi connectivity index (χ1) is 8.77. The van der Waals surface area contributed by atoms with E-state index in [9.17, 15) is 0 Å². The average molecular weight is 254 g/mol. The van der Waals surface area contributed by atoms with Gasteiger partial charge in [-0.1, -0.05) is 13.8 Å². The van der Waals surface area contributed by atoms with Crippen molar-refractivity contribution >= 4 is 0 Å². The molecular weight excluding hydrogens is 222 g/mol. The molecule has 0 unspecified atom stereocenters. The molecule has 0 aromatic rings. The molecule has 0 N–H and O–H groups in total. The molecule has 3 heteroatoms. The van der Waals surface area contributed by atoms with Gasteiger partial charge in [0.05, 0.1) is 0 Å². The molecule has 1 radical (unpaired) electrons. The van der Waals surface area contributed by atoms with Gasteiger partial charge in [0.25, 0.3) is 0 Å². The van der Waals surface area contributed by atoms with Gasteiger partial charge < -0.3 is 9.80 Å². The van der Waals surface area contributed by atoms with Crippen LogP contribution in [0.3, 0.4) is 0 Å². The highest BCUT2D eigenvalue weighted by atomic mass is 15.2. The molecule has 0 bridgehead atoms. The van der Waals surface area contributed by atoms with Crippen molar-refractivity contribution in [3.05, 3.63) is 0 Å². The molecule has 1 rings (SSSR count). The summed E-state index contributed by atoms with van der Waals surface area (Å²) in [6.07, 6.45) is 6.40. The summed E-state index contributed by atoms with van der Waals surface area (Å²) in [5.74, 6) is 0. The minimum absolute atomic E-state index is 0.785. The van der Waals surface area contributed by atoms with Gasteiger partial charge in [-0.15, -0.1) is 0 Å². The Bertz CT molecular complexity index is 184.